The lowest BCUT2D eigenvalue weighted by Crippen LogP contribution is -2.30. The Balaban J connectivity index is 1.68. The van der Waals surface area contributed by atoms with E-state index in [0.29, 0.717) is 23.0 Å². The van der Waals surface area contributed by atoms with Gasteiger partial charge in [0.1, 0.15) is 5.82 Å². The van der Waals surface area contributed by atoms with Crippen molar-refractivity contribution in [3.05, 3.63) is 107 Å². The molecular formula is C23H20ClN5O. The third-order valence-electron chi connectivity index (χ3n) is 4.70. The Hall–Kier alpha value is -3.51. The number of aryl methyl sites for hydroxylation is 1. The average molecular weight is 418 g/mol. The van der Waals surface area contributed by atoms with E-state index < -0.39 is 0 Å². The normalized spacial score (nSPS) is 11.8. The van der Waals surface area contributed by atoms with E-state index in [1.54, 1.807) is 23.1 Å². The van der Waals surface area contributed by atoms with Crippen LogP contribution < -0.4 is 5.32 Å². The first-order valence-electron chi connectivity index (χ1n) is 9.64. The predicted octanol–water partition coefficient (Wildman–Crippen LogP) is 4.40. The Kier molecular flexibility index (Phi) is 5.86. The minimum atomic E-state index is -0.371. The number of benzene rings is 2. The molecule has 2 heterocycles. The van der Waals surface area contributed by atoms with E-state index in [-0.39, 0.29) is 17.8 Å². The number of hydrogen-bond acceptors (Lipinski definition) is 4. The molecule has 4 aromatic rings. The number of aromatic nitrogens is 4. The first-order chi connectivity index (χ1) is 14.7. The molecule has 0 saturated heterocycles. The second-order valence-corrected chi connectivity index (χ2v) is 7.08. The maximum atomic E-state index is 13.1. The molecule has 1 unspecified atom stereocenters. The molecule has 2 aromatic heterocycles. The molecule has 150 valence electrons. The SMILES string of the molecule is CCc1nc(C(=O)NC(c2ccccc2)c2cccnc2)nn1-c1ccccc1Cl. The van der Waals surface area contributed by atoms with Crippen molar-refractivity contribution >= 4 is 17.5 Å². The van der Waals surface area contributed by atoms with Crippen LogP contribution in [0.5, 0.6) is 0 Å². The van der Waals surface area contributed by atoms with Gasteiger partial charge < -0.3 is 5.32 Å². The number of rotatable bonds is 6. The van der Waals surface area contributed by atoms with Gasteiger partial charge in [-0.15, -0.1) is 5.10 Å². The van der Waals surface area contributed by atoms with Crippen molar-refractivity contribution in [2.75, 3.05) is 0 Å². The number of pyridine rings is 1. The molecule has 0 saturated carbocycles. The van der Waals surface area contributed by atoms with Gasteiger partial charge in [-0.1, -0.05) is 67.1 Å². The zero-order chi connectivity index (χ0) is 20.9. The molecule has 0 aliphatic rings. The molecule has 0 spiro atoms. The van der Waals surface area contributed by atoms with Crippen LogP contribution >= 0.6 is 11.6 Å². The summed E-state index contributed by atoms with van der Waals surface area (Å²) in [5.41, 5.74) is 2.51. The van der Waals surface area contributed by atoms with E-state index in [9.17, 15) is 4.79 Å². The van der Waals surface area contributed by atoms with E-state index >= 15 is 0 Å². The average Bonchev–Trinajstić information content (AvgIpc) is 3.23. The van der Waals surface area contributed by atoms with E-state index in [0.717, 1.165) is 11.1 Å². The molecule has 7 heteroatoms. The van der Waals surface area contributed by atoms with Crippen LogP contribution in [-0.2, 0) is 6.42 Å². The third-order valence-corrected chi connectivity index (χ3v) is 5.02. The van der Waals surface area contributed by atoms with Crippen molar-refractivity contribution in [2.24, 2.45) is 0 Å². The van der Waals surface area contributed by atoms with Gasteiger partial charge in [0.25, 0.3) is 5.91 Å². The van der Waals surface area contributed by atoms with Crippen LogP contribution in [0.1, 0.15) is 40.5 Å². The fraction of sp³-hybridized carbons (Fsp3) is 0.130. The largest absolute Gasteiger partial charge is 0.338 e. The van der Waals surface area contributed by atoms with Crippen molar-refractivity contribution in [2.45, 2.75) is 19.4 Å². The first-order valence-corrected chi connectivity index (χ1v) is 10.0. The lowest BCUT2D eigenvalue weighted by Gasteiger charge is -2.18. The molecule has 1 amide bonds. The lowest BCUT2D eigenvalue weighted by molar-refractivity contribution is 0.0932. The summed E-state index contributed by atoms with van der Waals surface area (Å²) in [7, 11) is 0. The van der Waals surface area contributed by atoms with E-state index in [1.165, 1.54) is 0 Å². The highest BCUT2D eigenvalue weighted by Gasteiger charge is 2.22. The molecule has 0 bridgehead atoms. The summed E-state index contributed by atoms with van der Waals surface area (Å²) in [5.74, 6) is 0.385. The van der Waals surface area contributed by atoms with Crippen molar-refractivity contribution in [1.29, 1.82) is 0 Å². The maximum Gasteiger partial charge on any atom is 0.291 e. The molecule has 4 rings (SSSR count). The van der Waals surface area contributed by atoms with E-state index in [4.69, 9.17) is 11.6 Å². The second-order valence-electron chi connectivity index (χ2n) is 6.67. The monoisotopic (exact) mass is 417 g/mol. The van der Waals surface area contributed by atoms with Gasteiger partial charge in [0.15, 0.2) is 0 Å². The Morgan fingerprint density at radius 2 is 1.77 bits per heavy atom. The summed E-state index contributed by atoms with van der Waals surface area (Å²) >= 11 is 6.32. The van der Waals surface area contributed by atoms with Crippen LogP contribution in [0.2, 0.25) is 5.02 Å². The van der Waals surface area contributed by atoms with Crippen LogP contribution in [-0.4, -0.2) is 25.7 Å². The number of hydrogen-bond donors (Lipinski definition) is 1. The standard InChI is InChI=1S/C23H20ClN5O/c1-2-20-26-22(28-29(20)19-13-7-6-12-18(19)24)23(30)27-21(16-9-4-3-5-10-16)17-11-8-14-25-15-17/h3-15,21H,2H2,1H3,(H,27,30). The number of halogens is 1. The Labute approximate surface area is 179 Å². The van der Waals surface area contributed by atoms with Gasteiger partial charge in [0, 0.05) is 18.8 Å². The van der Waals surface area contributed by atoms with Crippen molar-refractivity contribution in [3.8, 4) is 5.69 Å². The molecular weight excluding hydrogens is 398 g/mol. The summed E-state index contributed by atoms with van der Waals surface area (Å²) in [4.78, 5) is 21.7. The van der Waals surface area contributed by atoms with Crippen molar-refractivity contribution in [3.63, 3.8) is 0 Å². The van der Waals surface area contributed by atoms with Crippen LogP contribution in [0.4, 0.5) is 0 Å². The van der Waals surface area contributed by atoms with Crippen LogP contribution in [0.3, 0.4) is 0 Å². The molecule has 1 atom stereocenters. The number of carbonyl (C=O) groups is 1. The zero-order valence-corrected chi connectivity index (χ0v) is 17.1. The lowest BCUT2D eigenvalue weighted by atomic mass is 10.0. The van der Waals surface area contributed by atoms with Crippen molar-refractivity contribution < 1.29 is 4.79 Å². The molecule has 0 aliphatic heterocycles. The number of carbonyl (C=O) groups excluding carboxylic acids is 1. The molecule has 0 aliphatic carbocycles. The molecule has 1 N–H and O–H groups in total. The highest BCUT2D eigenvalue weighted by atomic mass is 35.5. The summed E-state index contributed by atoms with van der Waals surface area (Å²) < 4.78 is 1.62. The summed E-state index contributed by atoms with van der Waals surface area (Å²) in [5, 5.41) is 8.04. The van der Waals surface area contributed by atoms with Crippen LogP contribution in [0.25, 0.3) is 5.69 Å². The first kappa shape index (κ1) is 19.8. The molecule has 0 radical (unpaired) electrons. The second kappa shape index (κ2) is 8.88. The number of nitrogens with one attached hydrogen (secondary N) is 1. The number of amides is 1. The minimum Gasteiger partial charge on any atom is -0.338 e. The summed E-state index contributed by atoms with van der Waals surface area (Å²) in [6.07, 6.45) is 4.05. The predicted molar refractivity (Wildman–Crippen MR) is 116 cm³/mol. The highest BCUT2D eigenvalue weighted by molar-refractivity contribution is 6.32. The van der Waals surface area contributed by atoms with Crippen molar-refractivity contribution in [1.82, 2.24) is 25.1 Å². The molecule has 0 fully saturated rings. The zero-order valence-electron chi connectivity index (χ0n) is 16.4. The summed E-state index contributed by atoms with van der Waals surface area (Å²) in [6.45, 7) is 1.96. The molecule has 6 nitrogen and oxygen atoms in total. The fourth-order valence-electron chi connectivity index (χ4n) is 3.23. The highest BCUT2D eigenvalue weighted by Crippen LogP contribution is 2.23. The molecule has 2 aromatic carbocycles. The van der Waals surface area contributed by atoms with Gasteiger partial charge in [0.05, 0.1) is 16.8 Å². The molecule has 30 heavy (non-hydrogen) atoms. The fourth-order valence-corrected chi connectivity index (χ4v) is 3.45. The summed E-state index contributed by atoms with van der Waals surface area (Å²) in [6, 6.07) is 20.5. The number of nitrogens with zero attached hydrogens (tertiary/aromatic N) is 4. The Bertz CT molecular complexity index is 1110. The van der Waals surface area contributed by atoms with Gasteiger partial charge in [0.2, 0.25) is 5.82 Å². The van der Waals surface area contributed by atoms with Crippen LogP contribution in [0, 0.1) is 0 Å². The van der Waals surface area contributed by atoms with E-state index in [2.05, 4.69) is 20.4 Å². The Morgan fingerprint density at radius 1 is 1.03 bits per heavy atom. The van der Waals surface area contributed by atoms with Gasteiger partial charge >= 0.3 is 0 Å². The van der Waals surface area contributed by atoms with Gasteiger partial charge in [-0.25, -0.2) is 9.67 Å². The van der Waals surface area contributed by atoms with E-state index in [1.807, 2.05) is 67.6 Å². The Morgan fingerprint density at radius 3 is 2.47 bits per heavy atom. The van der Waals surface area contributed by atoms with Gasteiger partial charge in [-0.2, -0.15) is 0 Å². The topological polar surface area (TPSA) is 72.7 Å². The number of para-hydroxylation sites is 1. The van der Waals surface area contributed by atoms with Gasteiger partial charge in [-0.3, -0.25) is 9.78 Å². The maximum absolute atomic E-state index is 13.1. The quantitative estimate of drug-likeness (QED) is 0.504. The van der Waals surface area contributed by atoms with Crippen LogP contribution in [0.15, 0.2) is 79.1 Å². The smallest absolute Gasteiger partial charge is 0.291 e. The third kappa shape index (κ3) is 4.09. The van der Waals surface area contributed by atoms with Gasteiger partial charge in [-0.05, 0) is 29.3 Å². The minimum absolute atomic E-state index is 0.0941.